The van der Waals surface area contributed by atoms with Gasteiger partial charge in [0.25, 0.3) is 0 Å². The predicted octanol–water partition coefficient (Wildman–Crippen LogP) is 6.38. The molecule has 8 heteroatoms. The summed E-state index contributed by atoms with van der Waals surface area (Å²) in [6.07, 6.45) is 3.71. The summed E-state index contributed by atoms with van der Waals surface area (Å²) < 4.78 is 52.7. The van der Waals surface area contributed by atoms with Gasteiger partial charge in [0.1, 0.15) is 0 Å². The third-order valence-electron chi connectivity index (χ3n) is 6.72. The van der Waals surface area contributed by atoms with Gasteiger partial charge in [0.05, 0.1) is 19.6 Å². The maximum atomic E-state index is 13.2. The van der Waals surface area contributed by atoms with E-state index >= 15 is 0 Å². The Hall–Kier alpha value is -3.88. The van der Waals surface area contributed by atoms with Crippen LogP contribution in [0.4, 0.5) is 11.4 Å². The van der Waals surface area contributed by atoms with E-state index in [1.54, 1.807) is 84.9 Å². The summed E-state index contributed by atoms with van der Waals surface area (Å²) in [5.74, 6) is 0. The predicted molar refractivity (Wildman–Crippen MR) is 153 cm³/mol. The average Bonchev–Trinajstić information content (AvgIpc) is 3.37. The Bertz CT molecular complexity index is 1620. The Labute approximate surface area is 230 Å². The van der Waals surface area contributed by atoms with Crippen LogP contribution in [-0.2, 0) is 19.7 Å². The molecule has 1 heterocycles. The van der Waals surface area contributed by atoms with Gasteiger partial charge < -0.3 is 9.80 Å². The van der Waals surface area contributed by atoms with Crippen molar-refractivity contribution < 1.29 is 16.8 Å². The van der Waals surface area contributed by atoms with Crippen molar-refractivity contribution in [3.63, 3.8) is 0 Å². The Balaban J connectivity index is 1.43. The van der Waals surface area contributed by atoms with Crippen molar-refractivity contribution in [1.82, 2.24) is 0 Å². The third kappa shape index (κ3) is 4.86. The third-order valence-corrected chi connectivity index (χ3v) is 10.2. The second kappa shape index (κ2) is 10.0. The molecule has 2 radical (unpaired) electrons. The van der Waals surface area contributed by atoms with Crippen LogP contribution in [0.3, 0.4) is 0 Å². The summed E-state index contributed by atoms with van der Waals surface area (Å²) in [6.45, 7) is 10.8. The van der Waals surface area contributed by atoms with E-state index in [9.17, 15) is 16.8 Å². The zero-order valence-electron chi connectivity index (χ0n) is 22.1. The Morgan fingerprint density at radius 3 is 1.10 bits per heavy atom. The summed E-state index contributed by atoms with van der Waals surface area (Å²) in [4.78, 5) is 4.66. The van der Waals surface area contributed by atoms with Crippen molar-refractivity contribution in [2.45, 2.75) is 47.3 Å². The fraction of sp³-hybridized carbons (Fsp3) is 0.129. The zero-order valence-corrected chi connectivity index (χ0v) is 23.7. The molecule has 0 unspecified atom stereocenters. The van der Waals surface area contributed by atoms with E-state index in [-0.39, 0.29) is 19.6 Å². The van der Waals surface area contributed by atoms with Crippen LogP contribution in [0.1, 0.15) is 22.3 Å². The standard InChI is InChI=1S/C31H28N2O4S2/c1-22-17-28(38(34,35)26-11-7-5-8-12-26)18-23(2)30(22)32-15-16-33(21-32)31-24(3)19-29(20-25(31)4)39(36,37)27-13-9-6-10-14-27/h5-20H,1-4H3. The lowest BCUT2D eigenvalue weighted by molar-refractivity contribution is 0.594. The van der Waals surface area contributed by atoms with E-state index in [4.69, 9.17) is 0 Å². The largest absolute Gasteiger partial charge is 0.315 e. The molecule has 39 heavy (non-hydrogen) atoms. The van der Waals surface area contributed by atoms with Crippen LogP contribution in [-0.4, -0.2) is 16.8 Å². The Morgan fingerprint density at radius 2 is 0.795 bits per heavy atom. The second-order valence-electron chi connectivity index (χ2n) is 9.58. The molecular formula is C31H28N2O4S2. The highest BCUT2D eigenvalue weighted by Crippen LogP contribution is 2.37. The van der Waals surface area contributed by atoms with Crippen molar-refractivity contribution in [3.8, 4) is 0 Å². The van der Waals surface area contributed by atoms with Gasteiger partial charge in [0, 0.05) is 23.8 Å². The molecule has 0 saturated carbocycles. The molecule has 4 aromatic rings. The van der Waals surface area contributed by atoms with E-state index in [0.29, 0.717) is 0 Å². The number of sulfone groups is 2. The number of benzene rings is 4. The van der Waals surface area contributed by atoms with Gasteiger partial charge >= 0.3 is 0 Å². The molecule has 0 bridgehead atoms. The molecule has 0 saturated heterocycles. The molecule has 0 aromatic heterocycles. The fourth-order valence-corrected chi connectivity index (χ4v) is 7.84. The average molecular weight is 557 g/mol. The normalized spacial score (nSPS) is 13.7. The Morgan fingerprint density at radius 1 is 0.487 bits per heavy atom. The van der Waals surface area contributed by atoms with Crippen LogP contribution in [0.25, 0.3) is 0 Å². The minimum atomic E-state index is -3.64. The maximum Gasteiger partial charge on any atom is 0.217 e. The second-order valence-corrected chi connectivity index (χ2v) is 13.5. The van der Waals surface area contributed by atoms with Gasteiger partial charge in [-0.25, -0.2) is 16.8 Å². The first-order valence-electron chi connectivity index (χ1n) is 12.4. The van der Waals surface area contributed by atoms with Gasteiger partial charge in [0.2, 0.25) is 26.3 Å². The van der Waals surface area contributed by atoms with E-state index in [1.165, 1.54) is 0 Å². The summed E-state index contributed by atoms with van der Waals surface area (Å²) in [5.41, 5.74) is 4.84. The van der Waals surface area contributed by atoms with Crippen LogP contribution in [0.5, 0.6) is 0 Å². The molecule has 0 spiro atoms. The van der Waals surface area contributed by atoms with Crippen molar-refractivity contribution in [1.29, 1.82) is 0 Å². The number of hydrogen-bond acceptors (Lipinski definition) is 6. The Kier molecular flexibility index (Phi) is 6.86. The summed E-state index contributed by atoms with van der Waals surface area (Å²) in [5, 5.41) is 0. The monoisotopic (exact) mass is 556 g/mol. The first kappa shape index (κ1) is 26.7. The topological polar surface area (TPSA) is 74.8 Å². The molecule has 0 N–H and O–H groups in total. The SMILES string of the molecule is Cc1cc(S(=O)(=O)c2ccccc2)cc(C)c1N1[C]N(c2c(C)cc(S(=O)(=O)c3ccccc3)cc2C)C=C1. The number of aryl methyl sites for hydroxylation is 4. The van der Waals surface area contributed by atoms with Crippen LogP contribution in [0.15, 0.2) is 117 Å². The van der Waals surface area contributed by atoms with Gasteiger partial charge in [-0.1, -0.05) is 36.4 Å². The van der Waals surface area contributed by atoms with Crippen LogP contribution >= 0.6 is 0 Å². The highest BCUT2D eigenvalue weighted by molar-refractivity contribution is 7.91. The van der Waals surface area contributed by atoms with Crippen molar-refractivity contribution in [2.75, 3.05) is 9.80 Å². The lowest BCUT2D eigenvalue weighted by Crippen LogP contribution is -2.21. The smallest absolute Gasteiger partial charge is 0.217 e. The lowest BCUT2D eigenvalue weighted by Gasteiger charge is -2.25. The van der Waals surface area contributed by atoms with Gasteiger partial charge in [-0.05, 0) is 98.5 Å². The minimum absolute atomic E-state index is 0.245. The van der Waals surface area contributed by atoms with E-state index < -0.39 is 19.7 Å². The van der Waals surface area contributed by atoms with E-state index in [1.807, 2.05) is 49.9 Å². The highest BCUT2D eigenvalue weighted by Gasteiger charge is 2.27. The van der Waals surface area contributed by atoms with Crippen molar-refractivity contribution in [2.24, 2.45) is 0 Å². The molecule has 5 rings (SSSR count). The summed E-state index contributed by atoms with van der Waals surface area (Å²) in [6, 6.07) is 23.5. The van der Waals surface area contributed by atoms with Crippen LogP contribution in [0.2, 0.25) is 0 Å². The number of anilines is 2. The zero-order chi connectivity index (χ0) is 27.9. The number of hydrogen-bond donors (Lipinski definition) is 0. The molecule has 0 amide bonds. The number of nitrogens with zero attached hydrogens (tertiary/aromatic N) is 2. The molecule has 1 aliphatic heterocycles. The van der Waals surface area contributed by atoms with Gasteiger partial charge in [-0.15, -0.1) is 0 Å². The van der Waals surface area contributed by atoms with E-state index in [0.717, 1.165) is 33.6 Å². The molecule has 6 nitrogen and oxygen atoms in total. The quantitative estimate of drug-likeness (QED) is 0.274. The van der Waals surface area contributed by atoms with Crippen molar-refractivity contribution >= 4 is 31.0 Å². The maximum absolute atomic E-state index is 13.2. The first-order chi connectivity index (χ1) is 18.5. The highest BCUT2D eigenvalue weighted by atomic mass is 32.2. The van der Waals surface area contributed by atoms with Crippen LogP contribution in [0, 0.1) is 34.4 Å². The van der Waals surface area contributed by atoms with Gasteiger partial charge in [0.15, 0.2) is 0 Å². The molecule has 4 aromatic carbocycles. The van der Waals surface area contributed by atoms with Crippen LogP contribution < -0.4 is 9.80 Å². The fourth-order valence-electron chi connectivity index (χ4n) is 4.94. The van der Waals surface area contributed by atoms with E-state index in [2.05, 4.69) is 6.67 Å². The summed E-state index contributed by atoms with van der Waals surface area (Å²) in [7, 11) is -7.28. The first-order valence-corrected chi connectivity index (χ1v) is 15.3. The molecule has 0 atom stereocenters. The molecule has 0 aliphatic carbocycles. The molecule has 0 fully saturated rings. The number of rotatable bonds is 6. The lowest BCUT2D eigenvalue weighted by atomic mass is 10.1. The molecule has 1 aliphatic rings. The molecule has 198 valence electrons. The van der Waals surface area contributed by atoms with Gasteiger partial charge in [-0.2, -0.15) is 0 Å². The minimum Gasteiger partial charge on any atom is -0.315 e. The van der Waals surface area contributed by atoms with Gasteiger partial charge in [-0.3, -0.25) is 0 Å². The summed E-state index contributed by atoms with van der Waals surface area (Å²) >= 11 is 0. The molecular weight excluding hydrogens is 528 g/mol. The van der Waals surface area contributed by atoms with Crippen molar-refractivity contribution in [3.05, 3.63) is 126 Å².